The molecule has 0 amide bonds. The third-order valence-electron chi connectivity index (χ3n) is 2.46. The van der Waals surface area contributed by atoms with Gasteiger partial charge < -0.3 is 15.2 Å². The molecular formula is C10H15N3O2. The first-order valence-electron chi connectivity index (χ1n) is 5.02. The summed E-state index contributed by atoms with van der Waals surface area (Å²) in [4.78, 5) is 8.15. The van der Waals surface area contributed by atoms with Crippen LogP contribution in [0.5, 0.6) is 0 Å². The van der Waals surface area contributed by atoms with Gasteiger partial charge >= 0.3 is 0 Å². The second-order valence-electron chi connectivity index (χ2n) is 3.74. The lowest BCUT2D eigenvalue weighted by atomic mass is 10.2. The van der Waals surface area contributed by atoms with Crippen LogP contribution in [0.3, 0.4) is 0 Å². The summed E-state index contributed by atoms with van der Waals surface area (Å²) in [5.74, 6) is 0. The third kappa shape index (κ3) is 2.71. The van der Waals surface area contributed by atoms with Gasteiger partial charge in [-0.2, -0.15) is 0 Å². The van der Waals surface area contributed by atoms with E-state index < -0.39 is 6.10 Å². The zero-order valence-electron chi connectivity index (χ0n) is 8.68. The Morgan fingerprint density at radius 1 is 1.53 bits per heavy atom. The Labute approximate surface area is 88.5 Å². The molecule has 1 aromatic heterocycles. The topological polar surface area (TPSA) is 67.3 Å². The van der Waals surface area contributed by atoms with Gasteiger partial charge in [0.2, 0.25) is 0 Å². The molecule has 0 radical (unpaired) electrons. The molecule has 82 valence electrons. The minimum Gasteiger partial charge on any atom is -0.389 e. The normalized spacial score (nSPS) is 25.7. The highest BCUT2D eigenvalue weighted by atomic mass is 16.5. The summed E-state index contributed by atoms with van der Waals surface area (Å²) >= 11 is 0. The monoisotopic (exact) mass is 209 g/mol. The minimum atomic E-state index is -0.409. The first-order valence-corrected chi connectivity index (χ1v) is 5.02. The van der Waals surface area contributed by atoms with Gasteiger partial charge in [-0.15, -0.1) is 0 Å². The van der Waals surface area contributed by atoms with E-state index in [2.05, 4.69) is 15.3 Å². The summed E-state index contributed by atoms with van der Waals surface area (Å²) in [5, 5.41) is 12.7. The Hall–Kier alpha value is -1.04. The standard InChI is InChI=1S/C10H15N3O2/c1-7-2-8(13-6-12-7)3-11-9-4-15-5-10(9)14/h2,6,9-11,14H,3-5H2,1H3/t9-,10-/m1/s1. The Kier molecular flexibility index (Phi) is 3.25. The maximum atomic E-state index is 9.50. The van der Waals surface area contributed by atoms with E-state index in [1.165, 1.54) is 0 Å². The fraction of sp³-hybridized carbons (Fsp3) is 0.600. The average molecular weight is 209 g/mol. The maximum Gasteiger partial charge on any atom is 0.115 e. The Balaban J connectivity index is 1.87. The van der Waals surface area contributed by atoms with Crippen molar-refractivity contribution in [2.24, 2.45) is 0 Å². The quantitative estimate of drug-likeness (QED) is 0.711. The van der Waals surface area contributed by atoms with Crippen LogP contribution in [0.2, 0.25) is 0 Å². The second-order valence-corrected chi connectivity index (χ2v) is 3.74. The lowest BCUT2D eigenvalue weighted by Crippen LogP contribution is -2.38. The highest BCUT2D eigenvalue weighted by Crippen LogP contribution is 2.06. The number of aliphatic hydroxyl groups is 1. The van der Waals surface area contributed by atoms with E-state index >= 15 is 0 Å². The van der Waals surface area contributed by atoms with Crippen molar-refractivity contribution in [3.8, 4) is 0 Å². The predicted molar refractivity (Wildman–Crippen MR) is 54.2 cm³/mol. The first kappa shape index (κ1) is 10.5. The van der Waals surface area contributed by atoms with Crippen molar-refractivity contribution in [2.45, 2.75) is 25.6 Å². The highest BCUT2D eigenvalue weighted by molar-refractivity contribution is 5.06. The Morgan fingerprint density at radius 3 is 3.07 bits per heavy atom. The number of nitrogens with zero attached hydrogens (tertiary/aromatic N) is 2. The van der Waals surface area contributed by atoms with Crippen molar-refractivity contribution < 1.29 is 9.84 Å². The molecule has 0 aromatic carbocycles. The Bertz CT molecular complexity index is 332. The van der Waals surface area contributed by atoms with E-state index in [1.807, 2.05) is 13.0 Å². The van der Waals surface area contributed by atoms with Gasteiger partial charge in [-0.05, 0) is 13.0 Å². The van der Waals surface area contributed by atoms with Crippen molar-refractivity contribution in [1.82, 2.24) is 15.3 Å². The smallest absolute Gasteiger partial charge is 0.115 e. The molecule has 1 aliphatic rings. The molecule has 0 spiro atoms. The van der Waals surface area contributed by atoms with Crippen LogP contribution in [0, 0.1) is 6.92 Å². The Morgan fingerprint density at radius 2 is 2.40 bits per heavy atom. The molecule has 5 nitrogen and oxygen atoms in total. The number of hydrogen-bond donors (Lipinski definition) is 2. The molecule has 0 aliphatic carbocycles. The van der Waals surface area contributed by atoms with E-state index in [1.54, 1.807) is 6.33 Å². The number of aliphatic hydroxyl groups excluding tert-OH is 1. The number of rotatable bonds is 3. The van der Waals surface area contributed by atoms with Crippen LogP contribution >= 0.6 is 0 Å². The zero-order valence-corrected chi connectivity index (χ0v) is 8.68. The minimum absolute atomic E-state index is 0.0141. The number of nitrogens with one attached hydrogen (secondary N) is 1. The lowest BCUT2D eigenvalue weighted by molar-refractivity contribution is 0.122. The molecule has 2 rings (SSSR count). The number of ether oxygens (including phenoxy) is 1. The van der Waals surface area contributed by atoms with Crippen LogP contribution in [0.15, 0.2) is 12.4 Å². The van der Waals surface area contributed by atoms with Crippen molar-refractivity contribution in [3.05, 3.63) is 23.8 Å². The summed E-state index contributed by atoms with van der Waals surface area (Å²) in [6, 6.07) is 1.94. The summed E-state index contributed by atoms with van der Waals surface area (Å²) in [6.07, 6.45) is 1.14. The molecule has 2 atom stereocenters. The van der Waals surface area contributed by atoms with E-state index in [0.29, 0.717) is 19.8 Å². The fourth-order valence-corrected chi connectivity index (χ4v) is 1.58. The number of hydrogen-bond acceptors (Lipinski definition) is 5. The molecule has 1 saturated heterocycles. The van der Waals surface area contributed by atoms with Crippen LogP contribution in [0.4, 0.5) is 0 Å². The van der Waals surface area contributed by atoms with Crippen molar-refractivity contribution in [1.29, 1.82) is 0 Å². The zero-order chi connectivity index (χ0) is 10.7. The number of aromatic nitrogens is 2. The highest BCUT2D eigenvalue weighted by Gasteiger charge is 2.25. The summed E-state index contributed by atoms with van der Waals surface area (Å²) in [5.41, 5.74) is 1.88. The van der Waals surface area contributed by atoms with Crippen LogP contribution in [0.1, 0.15) is 11.4 Å². The van der Waals surface area contributed by atoms with Crippen LogP contribution in [-0.4, -0.2) is 40.4 Å². The van der Waals surface area contributed by atoms with Gasteiger partial charge in [-0.1, -0.05) is 0 Å². The van der Waals surface area contributed by atoms with Crippen LogP contribution < -0.4 is 5.32 Å². The van der Waals surface area contributed by atoms with E-state index in [9.17, 15) is 5.11 Å². The SMILES string of the molecule is Cc1cc(CN[C@@H]2COC[C@H]2O)ncn1. The maximum absolute atomic E-state index is 9.50. The van der Waals surface area contributed by atoms with Crippen LogP contribution in [0.25, 0.3) is 0 Å². The molecule has 2 N–H and O–H groups in total. The molecule has 1 aromatic rings. The third-order valence-corrected chi connectivity index (χ3v) is 2.46. The fourth-order valence-electron chi connectivity index (χ4n) is 1.58. The van der Waals surface area contributed by atoms with Crippen molar-refractivity contribution in [3.63, 3.8) is 0 Å². The predicted octanol–water partition coefficient (Wildman–Crippen LogP) is -0.366. The second kappa shape index (κ2) is 4.65. The molecule has 1 aliphatic heterocycles. The molecule has 2 heterocycles. The molecule has 1 fully saturated rings. The van der Waals surface area contributed by atoms with Crippen LogP contribution in [-0.2, 0) is 11.3 Å². The van der Waals surface area contributed by atoms with Crippen molar-refractivity contribution >= 4 is 0 Å². The lowest BCUT2D eigenvalue weighted by Gasteiger charge is -2.13. The molecule has 0 unspecified atom stereocenters. The average Bonchev–Trinajstić information content (AvgIpc) is 2.61. The summed E-state index contributed by atoms with van der Waals surface area (Å²) < 4.78 is 5.14. The van der Waals surface area contributed by atoms with Gasteiger partial charge in [0.05, 0.1) is 31.1 Å². The number of aryl methyl sites for hydroxylation is 1. The van der Waals surface area contributed by atoms with Gasteiger partial charge in [0.1, 0.15) is 6.33 Å². The molecular weight excluding hydrogens is 194 g/mol. The largest absolute Gasteiger partial charge is 0.389 e. The van der Waals surface area contributed by atoms with Gasteiger partial charge in [-0.3, -0.25) is 0 Å². The van der Waals surface area contributed by atoms with Gasteiger partial charge in [-0.25, -0.2) is 9.97 Å². The molecule has 15 heavy (non-hydrogen) atoms. The van der Waals surface area contributed by atoms with E-state index in [4.69, 9.17) is 4.74 Å². The van der Waals surface area contributed by atoms with E-state index in [-0.39, 0.29) is 6.04 Å². The van der Waals surface area contributed by atoms with Gasteiger partial charge in [0, 0.05) is 12.2 Å². The first-order chi connectivity index (χ1) is 7.25. The van der Waals surface area contributed by atoms with Gasteiger partial charge in [0.25, 0.3) is 0 Å². The molecule has 5 heteroatoms. The van der Waals surface area contributed by atoms with Gasteiger partial charge in [0.15, 0.2) is 0 Å². The molecule has 0 bridgehead atoms. The summed E-state index contributed by atoms with van der Waals surface area (Å²) in [7, 11) is 0. The summed E-state index contributed by atoms with van der Waals surface area (Å²) in [6.45, 7) is 3.54. The molecule has 0 saturated carbocycles. The van der Waals surface area contributed by atoms with Crippen molar-refractivity contribution in [2.75, 3.05) is 13.2 Å². The van der Waals surface area contributed by atoms with E-state index in [0.717, 1.165) is 11.4 Å².